The third kappa shape index (κ3) is 5.70. The number of hydrogen-bond acceptors (Lipinski definition) is 8. The van der Waals surface area contributed by atoms with Crippen molar-refractivity contribution < 1.29 is 19.1 Å². The van der Waals surface area contributed by atoms with Crippen molar-refractivity contribution in [2.45, 2.75) is 33.0 Å². The highest BCUT2D eigenvalue weighted by Gasteiger charge is 2.22. The van der Waals surface area contributed by atoms with Gasteiger partial charge in [-0.05, 0) is 35.8 Å². The topological polar surface area (TPSA) is 134 Å². The first kappa shape index (κ1) is 26.5. The van der Waals surface area contributed by atoms with Gasteiger partial charge >= 0.3 is 5.97 Å². The average Bonchev–Trinajstić information content (AvgIpc) is 3.32. The standard InChI is InChI=1S/C28H30N6O4/c1-5-17(3)26(29)28(36)38-16-34-15-23(18-7-8-31-25(11-18)37-4)22-10-20(13-32-27(22)34)19-9-21(14-30-12-19)33-24(35)6-2/h6-15,17,26H,2,5,16,29H2,1,3-4H3,(H,33,35)/t17-,26-/m0/s1. The minimum Gasteiger partial charge on any atom is -0.481 e. The van der Waals surface area contributed by atoms with Gasteiger partial charge < -0.3 is 20.5 Å². The molecule has 0 saturated heterocycles. The van der Waals surface area contributed by atoms with Crippen LogP contribution in [0.2, 0.25) is 0 Å². The zero-order valence-corrected chi connectivity index (χ0v) is 21.5. The molecule has 3 N–H and O–H groups in total. The van der Waals surface area contributed by atoms with Gasteiger partial charge in [0.2, 0.25) is 11.8 Å². The molecule has 0 bridgehead atoms. The third-order valence-corrected chi connectivity index (χ3v) is 6.37. The second-order valence-electron chi connectivity index (χ2n) is 8.85. The van der Waals surface area contributed by atoms with Gasteiger partial charge in [0, 0.05) is 52.9 Å². The van der Waals surface area contributed by atoms with Crippen LogP contribution in [0.1, 0.15) is 20.3 Å². The molecular weight excluding hydrogens is 484 g/mol. The van der Waals surface area contributed by atoms with Crippen molar-refractivity contribution in [3.8, 4) is 28.1 Å². The van der Waals surface area contributed by atoms with Crippen LogP contribution in [-0.2, 0) is 21.1 Å². The van der Waals surface area contributed by atoms with Crippen LogP contribution in [0.4, 0.5) is 5.69 Å². The minimum atomic E-state index is -0.702. The molecule has 0 fully saturated rings. The van der Waals surface area contributed by atoms with Crippen molar-refractivity contribution in [1.29, 1.82) is 0 Å². The van der Waals surface area contributed by atoms with E-state index in [9.17, 15) is 9.59 Å². The van der Waals surface area contributed by atoms with Gasteiger partial charge in [-0.15, -0.1) is 0 Å². The van der Waals surface area contributed by atoms with Crippen molar-refractivity contribution in [2.24, 2.45) is 11.7 Å². The van der Waals surface area contributed by atoms with E-state index in [0.717, 1.165) is 34.1 Å². The number of amides is 1. The predicted octanol–water partition coefficient (Wildman–Crippen LogP) is 4.17. The lowest BCUT2D eigenvalue weighted by molar-refractivity contribution is -0.150. The zero-order valence-electron chi connectivity index (χ0n) is 21.5. The van der Waals surface area contributed by atoms with Crippen LogP contribution in [0.5, 0.6) is 5.88 Å². The summed E-state index contributed by atoms with van der Waals surface area (Å²) in [7, 11) is 1.56. The van der Waals surface area contributed by atoms with Gasteiger partial charge in [-0.25, -0.2) is 9.97 Å². The van der Waals surface area contributed by atoms with Gasteiger partial charge in [0.15, 0.2) is 6.73 Å². The molecule has 1 amide bonds. The number of methoxy groups -OCH3 is 1. The Kier molecular flexibility index (Phi) is 8.12. The predicted molar refractivity (Wildman–Crippen MR) is 145 cm³/mol. The van der Waals surface area contributed by atoms with Crippen LogP contribution in [0.15, 0.2) is 67.9 Å². The summed E-state index contributed by atoms with van der Waals surface area (Å²) in [5.74, 6) is -0.320. The SMILES string of the molecule is C=CC(=O)Nc1cncc(-c2cnc3c(c2)c(-c2ccnc(OC)c2)cn3COC(=O)[C@@H](N)[C@@H](C)CC)c1. The highest BCUT2D eigenvalue weighted by atomic mass is 16.5. The molecule has 0 spiro atoms. The van der Waals surface area contributed by atoms with Gasteiger partial charge in [-0.1, -0.05) is 26.8 Å². The van der Waals surface area contributed by atoms with E-state index < -0.39 is 12.0 Å². The molecule has 0 aliphatic carbocycles. The summed E-state index contributed by atoms with van der Waals surface area (Å²) >= 11 is 0. The van der Waals surface area contributed by atoms with E-state index in [1.54, 1.807) is 42.5 Å². The molecule has 0 aliphatic rings. The molecule has 0 aromatic carbocycles. The number of nitrogens with zero attached hydrogens (tertiary/aromatic N) is 4. The van der Waals surface area contributed by atoms with Crippen LogP contribution in [0.3, 0.4) is 0 Å². The fourth-order valence-corrected chi connectivity index (χ4v) is 3.92. The van der Waals surface area contributed by atoms with E-state index in [-0.39, 0.29) is 18.6 Å². The summed E-state index contributed by atoms with van der Waals surface area (Å²) in [5, 5.41) is 3.54. The van der Waals surface area contributed by atoms with Crippen LogP contribution < -0.4 is 15.8 Å². The fourth-order valence-electron chi connectivity index (χ4n) is 3.92. The number of ether oxygens (including phenoxy) is 2. The number of pyridine rings is 3. The first-order chi connectivity index (χ1) is 18.3. The lowest BCUT2D eigenvalue weighted by Crippen LogP contribution is -2.38. The summed E-state index contributed by atoms with van der Waals surface area (Å²) in [6, 6.07) is 6.77. The number of fused-ring (bicyclic) bond motifs is 1. The molecule has 10 nitrogen and oxygen atoms in total. The van der Waals surface area contributed by atoms with Crippen molar-refractivity contribution in [3.63, 3.8) is 0 Å². The van der Waals surface area contributed by atoms with Crippen molar-refractivity contribution >= 4 is 28.6 Å². The van der Waals surface area contributed by atoms with Crippen molar-refractivity contribution in [1.82, 2.24) is 19.5 Å². The highest BCUT2D eigenvalue weighted by molar-refractivity contribution is 5.99. The lowest BCUT2D eigenvalue weighted by atomic mass is 10.0. The molecule has 4 aromatic heterocycles. The van der Waals surface area contributed by atoms with Crippen LogP contribution in [-0.4, -0.2) is 44.5 Å². The number of nitrogens with two attached hydrogens (primary N) is 1. The quantitative estimate of drug-likeness (QED) is 0.238. The first-order valence-corrected chi connectivity index (χ1v) is 12.1. The maximum absolute atomic E-state index is 12.5. The van der Waals surface area contributed by atoms with Crippen LogP contribution >= 0.6 is 0 Å². The normalized spacial score (nSPS) is 12.5. The molecule has 0 unspecified atom stereocenters. The summed E-state index contributed by atoms with van der Waals surface area (Å²) < 4.78 is 12.6. The molecule has 0 radical (unpaired) electrons. The summed E-state index contributed by atoms with van der Waals surface area (Å²) in [6.45, 7) is 7.33. The Morgan fingerprint density at radius 1 is 1.16 bits per heavy atom. The second-order valence-corrected chi connectivity index (χ2v) is 8.85. The average molecular weight is 515 g/mol. The fraction of sp³-hybridized carbons (Fsp3) is 0.250. The molecular formula is C28H30N6O4. The van der Waals surface area contributed by atoms with E-state index >= 15 is 0 Å². The smallest absolute Gasteiger partial charge is 0.324 e. The van der Waals surface area contributed by atoms with Gasteiger partial charge in [0.1, 0.15) is 11.7 Å². The largest absolute Gasteiger partial charge is 0.481 e. The van der Waals surface area contributed by atoms with E-state index in [4.69, 9.17) is 15.2 Å². The number of nitrogens with one attached hydrogen (secondary N) is 1. The molecule has 4 heterocycles. The Morgan fingerprint density at radius 2 is 1.95 bits per heavy atom. The summed E-state index contributed by atoms with van der Waals surface area (Å²) in [4.78, 5) is 37.4. The third-order valence-electron chi connectivity index (χ3n) is 6.37. The van der Waals surface area contributed by atoms with Crippen molar-refractivity contribution in [3.05, 3.63) is 67.9 Å². The molecule has 4 rings (SSSR count). The highest BCUT2D eigenvalue weighted by Crippen LogP contribution is 2.34. The van der Waals surface area contributed by atoms with E-state index in [1.807, 2.05) is 38.2 Å². The summed E-state index contributed by atoms with van der Waals surface area (Å²) in [6.07, 6.45) is 10.5. The molecule has 10 heteroatoms. The maximum Gasteiger partial charge on any atom is 0.324 e. The van der Waals surface area contributed by atoms with E-state index in [1.165, 1.54) is 6.08 Å². The molecule has 2 atom stereocenters. The number of hydrogen-bond donors (Lipinski definition) is 2. The van der Waals surface area contributed by atoms with E-state index in [2.05, 4.69) is 26.8 Å². The Balaban J connectivity index is 1.75. The van der Waals surface area contributed by atoms with E-state index in [0.29, 0.717) is 17.2 Å². The Bertz CT molecular complexity index is 1480. The monoisotopic (exact) mass is 514 g/mol. The lowest BCUT2D eigenvalue weighted by Gasteiger charge is -2.17. The van der Waals surface area contributed by atoms with Crippen LogP contribution in [0.25, 0.3) is 33.3 Å². The summed E-state index contributed by atoms with van der Waals surface area (Å²) in [5.41, 5.74) is 10.5. The molecule has 38 heavy (non-hydrogen) atoms. The number of aromatic nitrogens is 4. The number of carbonyl (C=O) groups is 2. The zero-order chi connectivity index (χ0) is 27.2. The van der Waals surface area contributed by atoms with Gasteiger partial charge in [-0.3, -0.25) is 19.1 Å². The van der Waals surface area contributed by atoms with Crippen molar-refractivity contribution in [2.75, 3.05) is 12.4 Å². The van der Waals surface area contributed by atoms with Gasteiger partial charge in [-0.2, -0.15) is 0 Å². The van der Waals surface area contributed by atoms with Gasteiger partial charge in [0.05, 0.1) is 19.0 Å². The number of esters is 1. The van der Waals surface area contributed by atoms with Crippen LogP contribution in [0, 0.1) is 5.92 Å². The Hall–Kier alpha value is -4.57. The maximum atomic E-state index is 12.5. The Labute approximate surface area is 220 Å². The van der Waals surface area contributed by atoms with Gasteiger partial charge in [0.25, 0.3) is 0 Å². The molecule has 0 aliphatic heterocycles. The second kappa shape index (κ2) is 11.7. The minimum absolute atomic E-state index is 0.00469. The first-order valence-electron chi connectivity index (χ1n) is 12.1. The molecule has 4 aromatic rings. The molecule has 0 saturated carbocycles. The number of rotatable bonds is 10. The number of carbonyl (C=O) groups excluding carboxylic acids is 2. The molecule has 196 valence electrons. The Morgan fingerprint density at radius 3 is 2.68 bits per heavy atom. The number of anilines is 1.